The molecule has 0 spiro atoms. The molecule has 0 amide bonds. The van der Waals surface area contributed by atoms with Gasteiger partial charge in [-0.2, -0.15) is 0 Å². The fourth-order valence-electron chi connectivity index (χ4n) is 1.92. The van der Waals surface area contributed by atoms with Gasteiger partial charge in [-0.1, -0.05) is 19.1 Å². The summed E-state index contributed by atoms with van der Waals surface area (Å²) < 4.78 is 5.51. The summed E-state index contributed by atoms with van der Waals surface area (Å²) >= 11 is 3.63. The van der Waals surface area contributed by atoms with Crippen molar-refractivity contribution in [1.82, 2.24) is 5.32 Å². The standard InChI is InChI=1S/C15H21NOS2/c1-2-9-17-10-5-8-16-15(13-6-3-11-18-13)14-7-4-12-19-14/h3-4,6-7,11-12,15-16H,2,5,8-10H2,1H3. The van der Waals surface area contributed by atoms with Gasteiger partial charge in [0.25, 0.3) is 0 Å². The lowest BCUT2D eigenvalue weighted by atomic mass is 10.2. The Morgan fingerprint density at radius 2 is 1.79 bits per heavy atom. The zero-order valence-electron chi connectivity index (χ0n) is 11.3. The number of nitrogens with one attached hydrogen (secondary N) is 1. The van der Waals surface area contributed by atoms with Crippen molar-refractivity contribution in [3.8, 4) is 0 Å². The van der Waals surface area contributed by atoms with Crippen LogP contribution < -0.4 is 5.32 Å². The van der Waals surface area contributed by atoms with Gasteiger partial charge in [0.15, 0.2) is 0 Å². The summed E-state index contributed by atoms with van der Waals surface area (Å²) in [4.78, 5) is 2.77. The average molecular weight is 295 g/mol. The lowest BCUT2D eigenvalue weighted by molar-refractivity contribution is 0.132. The fraction of sp³-hybridized carbons (Fsp3) is 0.467. The quantitative estimate of drug-likeness (QED) is 0.696. The number of hydrogen-bond acceptors (Lipinski definition) is 4. The molecule has 0 saturated carbocycles. The summed E-state index contributed by atoms with van der Waals surface area (Å²) in [6, 6.07) is 8.98. The number of ether oxygens (including phenoxy) is 1. The van der Waals surface area contributed by atoms with Gasteiger partial charge in [0.1, 0.15) is 0 Å². The topological polar surface area (TPSA) is 21.3 Å². The van der Waals surface area contributed by atoms with E-state index in [0.717, 1.165) is 32.6 Å². The molecule has 0 bridgehead atoms. The van der Waals surface area contributed by atoms with Crippen LogP contribution in [0.25, 0.3) is 0 Å². The molecule has 0 atom stereocenters. The second-order valence-electron chi connectivity index (χ2n) is 4.38. The molecule has 1 N–H and O–H groups in total. The molecule has 2 nitrogen and oxygen atoms in total. The highest BCUT2D eigenvalue weighted by Gasteiger charge is 2.14. The minimum Gasteiger partial charge on any atom is -0.381 e. The van der Waals surface area contributed by atoms with Crippen LogP contribution in [0.3, 0.4) is 0 Å². The van der Waals surface area contributed by atoms with E-state index in [4.69, 9.17) is 4.74 Å². The maximum Gasteiger partial charge on any atom is 0.0764 e. The van der Waals surface area contributed by atoms with Crippen LogP contribution >= 0.6 is 22.7 Å². The minimum atomic E-state index is 0.339. The predicted octanol–water partition coefficient (Wildman–Crippen LogP) is 4.31. The van der Waals surface area contributed by atoms with Gasteiger partial charge in [-0.25, -0.2) is 0 Å². The van der Waals surface area contributed by atoms with E-state index in [-0.39, 0.29) is 0 Å². The molecular formula is C15H21NOS2. The van der Waals surface area contributed by atoms with Gasteiger partial charge < -0.3 is 10.1 Å². The molecule has 0 aliphatic carbocycles. The third-order valence-corrected chi connectivity index (χ3v) is 4.69. The van der Waals surface area contributed by atoms with Crippen molar-refractivity contribution < 1.29 is 4.74 Å². The molecule has 2 aromatic rings. The van der Waals surface area contributed by atoms with Crippen molar-refractivity contribution >= 4 is 22.7 Å². The van der Waals surface area contributed by atoms with Gasteiger partial charge >= 0.3 is 0 Å². The van der Waals surface area contributed by atoms with E-state index in [1.54, 1.807) is 0 Å². The molecule has 0 aliphatic heterocycles. The van der Waals surface area contributed by atoms with E-state index < -0.39 is 0 Å². The van der Waals surface area contributed by atoms with Crippen molar-refractivity contribution in [3.05, 3.63) is 44.8 Å². The highest BCUT2D eigenvalue weighted by Crippen LogP contribution is 2.28. The van der Waals surface area contributed by atoms with Crippen molar-refractivity contribution in [2.45, 2.75) is 25.8 Å². The van der Waals surface area contributed by atoms with E-state index in [9.17, 15) is 0 Å². The monoisotopic (exact) mass is 295 g/mol. The Balaban J connectivity index is 1.82. The van der Waals surface area contributed by atoms with Crippen molar-refractivity contribution in [1.29, 1.82) is 0 Å². The Morgan fingerprint density at radius 3 is 2.32 bits per heavy atom. The summed E-state index contributed by atoms with van der Waals surface area (Å²) in [5.74, 6) is 0. The third kappa shape index (κ3) is 4.73. The van der Waals surface area contributed by atoms with Gasteiger partial charge in [-0.3, -0.25) is 0 Å². The van der Waals surface area contributed by atoms with Gasteiger partial charge in [0.05, 0.1) is 6.04 Å². The average Bonchev–Trinajstić information content (AvgIpc) is 3.11. The summed E-state index contributed by atoms with van der Waals surface area (Å²) in [7, 11) is 0. The van der Waals surface area contributed by atoms with Crippen LogP contribution in [-0.4, -0.2) is 19.8 Å². The molecule has 2 aromatic heterocycles. The molecule has 2 heterocycles. The summed E-state index contributed by atoms with van der Waals surface area (Å²) in [6.45, 7) is 4.85. The number of hydrogen-bond donors (Lipinski definition) is 1. The fourth-order valence-corrected chi connectivity index (χ4v) is 3.63. The highest BCUT2D eigenvalue weighted by atomic mass is 32.1. The summed E-state index contributed by atoms with van der Waals surface area (Å²) in [5.41, 5.74) is 0. The second kappa shape index (κ2) is 8.48. The molecule has 0 fully saturated rings. The van der Waals surface area contributed by atoms with Crippen LogP contribution in [0.4, 0.5) is 0 Å². The maximum absolute atomic E-state index is 5.51. The zero-order valence-corrected chi connectivity index (χ0v) is 12.9. The lowest BCUT2D eigenvalue weighted by Gasteiger charge is -2.16. The molecule has 0 aliphatic rings. The molecule has 0 unspecified atom stereocenters. The largest absolute Gasteiger partial charge is 0.381 e. The van der Waals surface area contributed by atoms with Crippen molar-refractivity contribution in [2.75, 3.05) is 19.8 Å². The number of thiophene rings is 2. The second-order valence-corrected chi connectivity index (χ2v) is 6.34. The molecule has 0 aromatic carbocycles. The normalized spacial score (nSPS) is 11.3. The van der Waals surface area contributed by atoms with Gasteiger partial charge in [-0.15, -0.1) is 22.7 Å². The summed E-state index contributed by atoms with van der Waals surface area (Å²) in [5, 5.41) is 7.92. The van der Waals surface area contributed by atoms with Crippen LogP contribution in [-0.2, 0) is 4.74 Å². The van der Waals surface area contributed by atoms with Crippen molar-refractivity contribution in [3.63, 3.8) is 0 Å². The first-order valence-electron chi connectivity index (χ1n) is 6.79. The van der Waals surface area contributed by atoms with Crippen molar-refractivity contribution in [2.24, 2.45) is 0 Å². The van der Waals surface area contributed by atoms with Crippen LogP contribution in [0.15, 0.2) is 35.0 Å². The Labute approximate surface area is 123 Å². The first kappa shape index (κ1) is 14.7. The van der Waals surface area contributed by atoms with E-state index in [1.165, 1.54) is 9.75 Å². The first-order valence-corrected chi connectivity index (χ1v) is 8.55. The smallest absolute Gasteiger partial charge is 0.0764 e. The van der Waals surface area contributed by atoms with Crippen LogP contribution in [0.5, 0.6) is 0 Å². The Kier molecular flexibility index (Phi) is 6.57. The van der Waals surface area contributed by atoms with Crippen LogP contribution in [0.1, 0.15) is 35.6 Å². The molecule has 0 saturated heterocycles. The SMILES string of the molecule is CCCOCCCNC(c1cccs1)c1cccs1. The molecule has 104 valence electrons. The molecule has 0 radical (unpaired) electrons. The minimum absolute atomic E-state index is 0.339. The first-order chi connectivity index (χ1) is 9.42. The van der Waals surface area contributed by atoms with Gasteiger partial charge in [-0.05, 0) is 42.3 Å². The van der Waals surface area contributed by atoms with E-state index >= 15 is 0 Å². The lowest BCUT2D eigenvalue weighted by Crippen LogP contribution is -2.23. The van der Waals surface area contributed by atoms with E-state index in [1.807, 2.05) is 22.7 Å². The van der Waals surface area contributed by atoms with E-state index in [0.29, 0.717) is 6.04 Å². The van der Waals surface area contributed by atoms with E-state index in [2.05, 4.69) is 47.3 Å². The Bertz CT molecular complexity index is 391. The zero-order chi connectivity index (χ0) is 13.3. The van der Waals surface area contributed by atoms with Crippen LogP contribution in [0.2, 0.25) is 0 Å². The van der Waals surface area contributed by atoms with Gasteiger partial charge in [0, 0.05) is 23.0 Å². The van der Waals surface area contributed by atoms with Gasteiger partial charge in [0.2, 0.25) is 0 Å². The highest BCUT2D eigenvalue weighted by molar-refractivity contribution is 7.11. The molecular weight excluding hydrogens is 274 g/mol. The number of rotatable bonds is 9. The predicted molar refractivity (Wildman–Crippen MR) is 84.2 cm³/mol. The van der Waals surface area contributed by atoms with Crippen LogP contribution in [0, 0.1) is 0 Å². The Hall–Kier alpha value is -0.680. The molecule has 2 rings (SSSR count). The third-order valence-electron chi connectivity index (χ3n) is 2.82. The molecule has 4 heteroatoms. The Morgan fingerprint density at radius 1 is 1.11 bits per heavy atom. The molecule has 19 heavy (non-hydrogen) atoms. The summed E-state index contributed by atoms with van der Waals surface area (Å²) in [6.07, 6.45) is 2.16. The maximum atomic E-state index is 5.51.